The molecule has 0 aliphatic heterocycles. The number of carbonyl (C=O) groups is 2. The smallest absolute Gasteiger partial charge is 0.242 e. The van der Waals surface area contributed by atoms with Crippen LogP contribution in [-0.4, -0.2) is 37.0 Å². The monoisotopic (exact) mass is 311 g/mol. The second-order valence-electron chi connectivity index (χ2n) is 7.38. The van der Waals surface area contributed by atoms with E-state index in [9.17, 15) is 9.59 Å². The SMILES string of the molecule is CC(NC(=O)C(C)(C)C)C(=O)NCCNC1CCCCCC1. The van der Waals surface area contributed by atoms with Crippen molar-refractivity contribution in [1.29, 1.82) is 0 Å². The summed E-state index contributed by atoms with van der Waals surface area (Å²) in [6.07, 6.45) is 7.79. The zero-order valence-corrected chi connectivity index (χ0v) is 14.6. The van der Waals surface area contributed by atoms with E-state index in [1.54, 1.807) is 6.92 Å². The van der Waals surface area contributed by atoms with Gasteiger partial charge in [0.2, 0.25) is 11.8 Å². The molecule has 22 heavy (non-hydrogen) atoms. The molecule has 1 atom stereocenters. The quantitative estimate of drug-likeness (QED) is 0.519. The van der Waals surface area contributed by atoms with E-state index in [-0.39, 0.29) is 11.8 Å². The largest absolute Gasteiger partial charge is 0.353 e. The van der Waals surface area contributed by atoms with Gasteiger partial charge in [0.25, 0.3) is 0 Å². The van der Waals surface area contributed by atoms with Crippen molar-refractivity contribution in [1.82, 2.24) is 16.0 Å². The van der Waals surface area contributed by atoms with E-state index in [1.165, 1.54) is 38.5 Å². The average Bonchev–Trinajstić information content (AvgIpc) is 2.70. The molecule has 0 aromatic heterocycles. The first-order valence-corrected chi connectivity index (χ1v) is 8.63. The zero-order chi connectivity index (χ0) is 16.6. The van der Waals surface area contributed by atoms with Gasteiger partial charge in [-0.25, -0.2) is 0 Å². The van der Waals surface area contributed by atoms with Crippen LogP contribution in [0, 0.1) is 5.41 Å². The summed E-state index contributed by atoms with van der Waals surface area (Å²) in [4.78, 5) is 23.8. The average molecular weight is 311 g/mol. The van der Waals surface area contributed by atoms with Crippen molar-refractivity contribution in [2.75, 3.05) is 13.1 Å². The van der Waals surface area contributed by atoms with E-state index in [0.717, 1.165) is 6.54 Å². The normalized spacial score (nSPS) is 18.4. The van der Waals surface area contributed by atoms with Crippen LogP contribution in [0.3, 0.4) is 0 Å². The minimum Gasteiger partial charge on any atom is -0.353 e. The molecule has 3 N–H and O–H groups in total. The van der Waals surface area contributed by atoms with Crippen LogP contribution in [0.5, 0.6) is 0 Å². The summed E-state index contributed by atoms with van der Waals surface area (Å²) in [5, 5.41) is 9.14. The standard InChI is InChI=1S/C17H33N3O2/c1-13(20-16(22)17(2,3)4)15(21)19-12-11-18-14-9-7-5-6-8-10-14/h13-14,18H,5-12H2,1-4H3,(H,19,21)(H,20,22). The van der Waals surface area contributed by atoms with E-state index in [0.29, 0.717) is 12.6 Å². The Morgan fingerprint density at radius 2 is 1.64 bits per heavy atom. The van der Waals surface area contributed by atoms with Crippen molar-refractivity contribution >= 4 is 11.8 Å². The van der Waals surface area contributed by atoms with Crippen molar-refractivity contribution in [2.45, 2.75) is 78.3 Å². The van der Waals surface area contributed by atoms with Gasteiger partial charge in [-0.15, -0.1) is 0 Å². The number of hydrogen-bond donors (Lipinski definition) is 3. The highest BCUT2D eigenvalue weighted by Crippen LogP contribution is 2.16. The molecule has 5 heteroatoms. The Morgan fingerprint density at radius 3 is 2.18 bits per heavy atom. The number of amides is 2. The van der Waals surface area contributed by atoms with Crippen molar-refractivity contribution in [3.63, 3.8) is 0 Å². The molecular weight excluding hydrogens is 278 g/mol. The molecule has 0 radical (unpaired) electrons. The summed E-state index contributed by atoms with van der Waals surface area (Å²) in [6, 6.07) is 0.0991. The van der Waals surface area contributed by atoms with E-state index < -0.39 is 11.5 Å². The van der Waals surface area contributed by atoms with Gasteiger partial charge in [-0.1, -0.05) is 46.5 Å². The first-order chi connectivity index (χ1) is 10.3. The lowest BCUT2D eigenvalue weighted by atomic mass is 9.95. The summed E-state index contributed by atoms with van der Waals surface area (Å²) >= 11 is 0. The molecule has 128 valence electrons. The molecular formula is C17H33N3O2. The van der Waals surface area contributed by atoms with Crippen molar-refractivity contribution in [2.24, 2.45) is 5.41 Å². The van der Waals surface area contributed by atoms with Crippen molar-refractivity contribution < 1.29 is 9.59 Å². The third-order valence-corrected chi connectivity index (χ3v) is 4.13. The van der Waals surface area contributed by atoms with Gasteiger partial charge < -0.3 is 16.0 Å². The Hall–Kier alpha value is -1.10. The minimum absolute atomic E-state index is 0.105. The molecule has 1 rings (SSSR count). The molecule has 0 saturated heterocycles. The Kier molecular flexibility index (Phi) is 7.87. The van der Waals surface area contributed by atoms with Crippen LogP contribution in [0.15, 0.2) is 0 Å². The molecule has 0 heterocycles. The first-order valence-electron chi connectivity index (χ1n) is 8.63. The lowest BCUT2D eigenvalue weighted by Crippen LogP contribution is -2.49. The Labute approximate surface area is 135 Å². The van der Waals surface area contributed by atoms with Gasteiger partial charge in [0.1, 0.15) is 6.04 Å². The van der Waals surface area contributed by atoms with Gasteiger partial charge in [-0.2, -0.15) is 0 Å². The first kappa shape index (κ1) is 18.9. The summed E-state index contributed by atoms with van der Waals surface area (Å²) in [5.41, 5.74) is -0.477. The van der Waals surface area contributed by atoms with E-state index >= 15 is 0 Å². The maximum Gasteiger partial charge on any atom is 0.242 e. The van der Waals surface area contributed by atoms with Crippen LogP contribution in [0.2, 0.25) is 0 Å². The summed E-state index contributed by atoms with van der Waals surface area (Å²) in [7, 11) is 0. The number of carbonyl (C=O) groups excluding carboxylic acids is 2. The number of hydrogen-bond acceptors (Lipinski definition) is 3. The molecule has 1 saturated carbocycles. The van der Waals surface area contributed by atoms with Crippen LogP contribution >= 0.6 is 0 Å². The Balaban J connectivity index is 2.18. The predicted octanol–water partition coefficient (Wildman–Crippen LogP) is 1.97. The van der Waals surface area contributed by atoms with E-state index in [2.05, 4.69) is 16.0 Å². The Bertz CT molecular complexity index is 355. The summed E-state index contributed by atoms with van der Waals surface area (Å²) < 4.78 is 0. The third-order valence-electron chi connectivity index (χ3n) is 4.13. The summed E-state index contributed by atoms with van der Waals surface area (Å²) in [5.74, 6) is -0.230. The second kappa shape index (κ2) is 9.13. The Morgan fingerprint density at radius 1 is 1.05 bits per heavy atom. The van der Waals surface area contributed by atoms with E-state index in [4.69, 9.17) is 0 Å². The number of nitrogens with one attached hydrogen (secondary N) is 3. The highest BCUT2D eigenvalue weighted by molar-refractivity contribution is 5.89. The van der Waals surface area contributed by atoms with Crippen LogP contribution in [0.25, 0.3) is 0 Å². The lowest BCUT2D eigenvalue weighted by Gasteiger charge is -2.22. The topological polar surface area (TPSA) is 70.2 Å². The predicted molar refractivity (Wildman–Crippen MR) is 89.6 cm³/mol. The fourth-order valence-corrected chi connectivity index (χ4v) is 2.58. The third kappa shape index (κ3) is 7.25. The molecule has 1 unspecified atom stereocenters. The van der Waals surface area contributed by atoms with Gasteiger partial charge in [0.05, 0.1) is 0 Å². The van der Waals surface area contributed by atoms with Crippen molar-refractivity contribution in [3.8, 4) is 0 Å². The molecule has 0 bridgehead atoms. The van der Waals surface area contributed by atoms with Crippen molar-refractivity contribution in [3.05, 3.63) is 0 Å². The molecule has 1 aliphatic rings. The highest BCUT2D eigenvalue weighted by Gasteiger charge is 2.24. The maximum absolute atomic E-state index is 12.0. The summed E-state index contributed by atoms with van der Waals surface area (Å²) in [6.45, 7) is 8.62. The second-order valence-corrected chi connectivity index (χ2v) is 7.38. The minimum atomic E-state index is -0.496. The van der Waals surface area contributed by atoms with Crippen LogP contribution in [-0.2, 0) is 9.59 Å². The number of rotatable bonds is 6. The van der Waals surface area contributed by atoms with Gasteiger partial charge >= 0.3 is 0 Å². The molecule has 2 amide bonds. The lowest BCUT2D eigenvalue weighted by molar-refractivity contribution is -0.133. The highest BCUT2D eigenvalue weighted by atomic mass is 16.2. The van der Waals surface area contributed by atoms with Gasteiger partial charge in [-0.3, -0.25) is 9.59 Å². The molecule has 5 nitrogen and oxygen atoms in total. The van der Waals surface area contributed by atoms with Gasteiger partial charge in [-0.05, 0) is 19.8 Å². The maximum atomic E-state index is 12.0. The van der Waals surface area contributed by atoms with Crippen LogP contribution in [0.4, 0.5) is 0 Å². The van der Waals surface area contributed by atoms with Crippen LogP contribution < -0.4 is 16.0 Å². The van der Waals surface area contributed by atoms with Crippen LogP contribution in [0.1, 0.15) is 66.2 Å². The van der Waals surface area contributed by atoms with Gasteiger partial charge in [0.15, 0.2) is 0 Å². The molecule has 0 spiro atoms. The molecule has 0 aromatic carbocycles. The van der Waals surface area contributed by atoms with Gasteiger partial charge in [0, 0.05) is 24.5 Å². The molecule has 0 aromatic rings. The van der Waals surface area contributed by atoms with E-state index in [1.807, 2.05) is 20.8 Å². The molecule has 1 aliphatic carbocycles. The fourth-order valence-electron chi connectivity index (χ4n) is 2.58. The zero-order valence-electron chi connectivity index (χ0n) is 14.6. The fraction of sp³-hybridized carbons (Fsp3) is 0.882. The molecule has 1 fully saturated rings.